The summed E-state index contributed by atoms with van der Waals surface area (Å²) < 4.78 is 1.88. The van der Waals surface area contributed by atoms with Crippen LogP contribution in [0.15, 0.2) is 30.7 Å². The van der Waals surface area contributed by atoms with Crippen LogP contribution in [-0.4, -0.2) is 9.38 Å². The molecule has 2 aromatic heterocycles. The normalized spacial score (nSPS) is 9.45. The summed E-state index contributed by atoms with van der Waals surface area (Å²) in [5.41, 5.74) is 7.21. The number of nitrogens with two attached hydrogens (primary N) is 1. The van der Waals surface area contributed by atoms with Gasteiger partial charge in [0.15, 0.2) is 0 Å². The zero-order chi connectivity index (χ0) is 6.97. The van der Waals surface area contributed by atoms with E-state index in [1.165, 1.54) is 0 Å². The first-order valence-corrected chi connectivity index (χ1v) is 3.04. The van der Waals surface area contributed by atoms with Crippen molar-refractivity contribution in [1.29, 1.82) is 0 Å². The largest absolute Gasteiger partial charge is 0.398 e. The number of fused-ring (bicyclic) bond motifs is 1. The van der Waals surface area contributed by atoms with Crippen LogP contribution in [0, 0.1) is 0 Å². The monoisotopic (exact) mass is 169 g/mol. The Kier molecular flexibility index (Phi) is 2.01. The van der Waals surface area contributed by atoms with E-state index in [1.54, 1.807) is 6.20 Å². The van der Waals surface area contributed by atoms with Gasteiger partial charge in [0.05, 0.1) is 0 Å². The average Bonchev–Trinajstić information content (AvgIpc) is 2.33. The number of nitrogen functional groups attached to an aromatic ring is 1. The molecule has 0 amide bonds. The van der Waals surface area contributed by atoms with Crippen LogP contribution in [0.5, 0.6) is 0 Å². The van der Waals surface area contributed by atoms with Gasteiger partial charge in [-0.2, -0.15) is 0 Å². The molecule has 0 saturated heterocycles. The fourth-order valence-electron chi connectivity index (χ4n) is 0.937. The number of pyridine rings is 1. The summed E-state index contributed by atoms with van der Waals surface area (Å²) in [6.45, 7) is 0. The van der Waals surface area contributed by atoms with Crippen molar-refractivity contribution in [2.24, 2.45) is 0 Å². The van der Waals surface area contributed by atoms with Crippen LogP contribution in [0.25, 0.3) is 5.65 Å². The Hall–Kier alpha value is -1.22. The molecule has 0 aliphatic rings. The van der Waals surface area contributed by atoms with Crippen LogP contribution < -0.4 is 5.73 Å². The van der Waals surface area contributed by atoms with Crippen LogP contribution in [-0.2, 0) is 0 Å². The van der Waals surface area contributed by atoms with Crippen molar-refractivity contribution in [2.45, 2.75) is 0 Å². The van der Waals surface area contributed by atoms with E-state index in [0.717, 1.165) is 11.3 Å². The number of aromatic nitrogens is 2. The highest BCUT2D eigenvalue weighted by Gasteiger charge is 1.90. The lowest BCUT2D eigenvalue weighted by atomic mass is 10.4. The van der Waals surface area contributed by atoms with Gasteiger partial charge in [-0.3, -0.25) is 0 Å². The molecule has 0 aliphatic heterocycles. The van der Waals surface area contributed by atoms with Gasteiger partial charge in [-0.15, -0.1) is 12.4 Å². The molecule has 0 spiro atoms. The minimum Gasteiger partial charge on any atom is -0.398 e. The molecule has 0 aromatic carbocycles. The number of imidazole rings is 1. The maximum atomic E-state index is 5.53. The Bertz CT molecular complexity index is 355. The van der Waals surface area contributed by atoms with E-state index in [1.807, 2.05) is 28.9 Å². The van der Waals surface area contributed by atoms with Gasteiger partial charge in [-0.05, 0) is 12.1 Å². The third-order valence-corrected chi connectivity index (χ3v) is 1.41. The molecule has 0 fully saturated rings. The summed E-state index contributed by atoms with van der Waals surface area (Å²) >= 11 is 0. The molecular weight excluding hydrogens is 162 g/mol. The van der Waals surface area contributed by atoms with Crippen molar-refractivity contribution in [3.63, 3.8) is 0 Å². The molecule has 2 heterocycles. The third kappa shape index (κ3) is 1.28. The van der Waals surface area contributed by atoms with Gasteiger partial charge in [-0.1, -0.05) is 0 Å². The number of hydrogen-bond donors (Lipinski definition) is 1. The highest BCUT2D eigenvalue weighted by molar-refractivity contribution is 5.85. The molecule has 11 heavy (non-hydrogen) atoms. The number of halogens is 1. The molecule has 0 aliphatic carbocycles. The predicted molar refractivity (Wildman–Crippen MR) is 46.9 cm³/mol. The molecule has 2 N–H and O–H groups in total. The second kappa shape index (κ2) is 2.80. The molecule has 4 heteroatoms. The molecule has 0 unspecified atom stereocenters. The number of anilines is 1. The molecule has 0 atom stereocenters. The van der Waals surface area contributed by atoms with Crippen molar-refractivity contribution in [2.75, 3.05) is 5.73 Å². The Morgan fingerprint density at radius 1 is 1.36 bits per heavy atom. The topological polar surface area (TPSA) is 43.3 Å². The molecule has 0 radical (unpaired) electrons. The molecule has 2 aromatic rings. The van der Waals surface area contributed by atoms with Gasteiger partial charge in [0.2, 0.25) is 0 Å². The van der Waals surface area contributed by atoms with Crippen LogP contribution in [0.1, 0.15) is 0 Å². The maximum absolute atomic E-state index is 5.53. The highest BCUT2D eigenvalue weighted by atomic mass is 35.5. The molecule has 58 valence electrons. The summed E-state index contributed by atoms with van der Waals surface area (Å²) in [5, 5.41) is 0. The highest BCUT2D eigenvalue weighted by Crippen LogP contribution is 2.04. The lowest BCUT2D eigenvalue weighted by molar-refractivity contribution is 1.19. The second-order valence-electron chi connectivity index (χ2n) is 2.16. The summed E-state index contributed by atoms with van der Waals surface area (Å²) in [6, 6.07) is 3.72. The minimum absolute atomic E-state index is 0. The van der Waals surface area contributed by atoms with E-state index in [4.69, 9.17) is 5.73 Å². The van der Waals surface area contributed by atoms with Crippen LogP contribution >= 0.6 is 12.4 Å². The van der Waals surface area contributed by atoms with E-state index in [2.05, 4.69) is 4.98 Å². The van der Waals surface area contributed by atoms with E-state index in [-0.39, 0.29) is 12.4 Å². The third-order valence-electron chi connectivity index (χ3n) is 1.41. The maximum Gasteiger partial charge on any atom is 0.136 e. The number of rotatable bonds is 0. The van der Waals surface area contributed by atoms with Crippen molar-refractivity contribution < 1.29 is 0 Å². The zero-order valence-corrected chi connectivity index (χ0v) is 6.58. The average molecular weight is 170 g/mol. The quantitative estimate of drug-likeness (QED) is 0.647. The van der Waals surface area contributed by atoms with Gasteiger partial charge in [0, 0.05) is 24.3 Å². The fourth-order valence-corrected chi connectivity index (χ4v) is 0.937. The first kappa shape index (κ1) is 7.88. The summed E-state index contributed by atoms with van der Waals surface area (Å²) in [7, 11) is 0. The zero-order valence-electron chi connectivity index (χ0n) is 5.77. The van der Waals surface area contributed by atoms with Crippen LogP contribution in [0.3, 0.4) is 0 Å². The standard InChI is InChI=1S/C7H7N3.ClH/c8-6-1-2-7-9-3-4-10(7)5-6;/h1-5H,8H2;1H. The van der Waals surface area contributed by atoms with Gasteiger partial charge < -0.3 is 10.1 Å². The predicted octanol–water partition coefficient (Wildman–Crippen LogP) is 1.34. The van der Waals surface area contributed by atoms with Crippen molar-refractivity contribution in [3.8, 4) is 0 Å². The summed E-state index contributed by atoms with van der Waals surface area (Å²) in [6.07, 6.45) is 5.45. The second-order valence-corrected chi connectivity index (χ2v) is 2.16. The van der Waals surface area contributed by atoms with Gasteiger partial charge in [0.1, 0.15) is 5.65 Å². The molecule has 0 saturated carbocycles. The Labute approximate surface area is 70.3 Å². The van der Waals surface area contributed by atoms with E-state index in [0.29, 0.717) is 0 Å². The summed E-state index contributed by atoms with van der Waals surface area (Å²) in [5.74, 6) is 0. The first-order chi connectivity index (χ1) is 4.86. The number of nitrogens with zero attached hydrogens (tertiary/aromatic N) is 2. The minimum atomic E-state index is 0. The van der Waals surface area contributed by atoms with Gasteiger partial charge >= 0.3 is 0 Å². The van der Waals surface area contributed by atoms with E-state index >= 15 is 0 Å². The number of hydrogen-bond acceptors (Lipinski definition) is 2. The van der Waals surface area contributed by atoms with E-state index < -0.39 is 0 Å². The first-order valence-electron chi connectivity index (χ1n) is 3.04. The van der Waals surface area contributed by atoms with Crippen molar-refractivity contribution in [3.05, 3.63) is 30.7 Å². The Morgan fingerprint density at radius 2 is 2.18 bits per heavy atom. The van der Waals surface area contributed by atoms with Crippen LogP contribution in [0.4, 0.5) is 5.69 Å². The SMILES string of the molecule is Cl.Nc1ccc2nccn2c1. The molecule has 2 rings (SSSR count). The van der Waals surface area contributed by atoms with E-state index in [9.17, 15) is 0 Å². The lowest BCUT2D eigenvalue weighted by Crippen LogP contribution is -1.88. The molecule has 3 nitrogen and oxygen atoms in total. The molecule has 0 bridgehead atoms. The smallest absolute Gasteiger partial charge is 0.136 e. The fraction of sp³-hybridized carbons (Fsp3) is 0. The Morgan fingerprint density at radius 3 is 3.00 bits per heavy atom. The van der Waals surface area contributed by atoms with Crippen LogP contribution in [0.2, 0.25) is 0 Å². The molecular formula is C7H8ClN3. The van der Waals surface area contributed by atoms with Gasteiger partial charge in [0.25, 0.3) is 0 Å². The van der Waals surface area contributed by atoms with Crippen molar-refractivity contribution in [1.82, 2.24) is 9.38 Å². The Balaban J connectivity index is 0.000000605. The summed E-state index contributed by atoms with van der Waals surface area (Å²) in [4.78, 5) is 4.07. The lowest BCUT2D eigenvalue weighted by Gasteiger charge is -1.93. The van der Waals surface area contributed by atoms with Crippen molar-refractivity contribution >= 4 is 23.7 Å². The van der Waals surface area contributed by atoms with Gasteiger partial charge in [-0.25, -0.2) is 4.98 Å².